The molecule has 0 atom stereocenters. The van der Waals surface area contributed by atoms with Crippen LogP contribution in [-0.4, -0.2) is 13.0 Å². The van der Waals surface area contributed by atoms with Crippen LogP contribution in [0.3, 0.4) is 0 Å². The molecule has 3 aromatic rings. The first-order chi connectivity index (χ1) is 12.2. The fraction of sp³-hybridized carbons (Fsp3) is 0.200. The number of rotatable bonds is 4. The summed E-state index contributed by atoms with van der Waals surface area (Å²) in [6.07, 6.45) is 1.87. The van der Waals surface area contributed by atoms with E-state index in [1.807, 2.05) is 24.3 Å². The van der Waals surface area contributed by atoms with E-state index in [4.69, 9.17) is 9.15 Å². The number of amides is 1. The van der Waals surface area contributed by atoms with Gasteiger partial charge in [0.2, 0.25) is 5.91 Å². The number of ether oxygens (including phenoxy) is 1. The van der Waals surface area contributed by atoms with Crippen LogP contribution in [0.15, 0.2) is 57.7 Å². The van der Waals surface area contributed by atoms with Crippen molar-refractivity contribution in [2.45, 2.75) is 12.8 Å². The smallest absolute Gasteiger partial charge is 0.227 e. The number of methoxy groups -OCH3 is 1. The number of hydrogen-bond acceptors (Lipinski definition) is 4. The zero-order valence-corrected chi connectivity index (χ0v) is 13.7. The molecule has 1 N–H and O–H groups in total. The average molecular weight is 335 g/mol. The molecule has 0 aliphatic heterocycles. The summed E-state index contributed by atoms with van der Waals surface area (Å²) in [5.74, 6) is 1.19. The second kappa shape index (κ2) is 6.09. The highest BCUT2D eigenvalue weighted by atomic mass is 16.5. The molecule has 25 heavy (non-hydrogen) atoms. The molecule has 0 saturated heterocycles. The van der Waals surface area contributed by atoms with Gasteiger partial charge in [-0.25, -0.2) is 0 Å². The molecular formula is C20H17NO4. The maximum Gasteiger partial charge on any atom is 0.227 e. The van der Waals surface area contributed by atoms with E-state index in [2.05, 4.69) is 5.32 Å². The number of para-hydroxylation sites is 1. The molecule has 5 heteroatoms. The van der Waals surface area contributed by atoms with Gasteiger partial charge in [-0.2, -0.15) is 0 Å². The van der Waals surface area contributed by atoms with Crippen molar-refractivity contribution in [1.29, 1.82) is 0 Å². The highest BCUT2D eigenvalue weighted by Crippen LogP contribution is 2.32. The van der Waals surface area contributed by atoms with Crippen LogP contribution in [-0.2, 0) is 4.79 Å². The second-order valence-electron chi connectivity index (χ2n) is 6.15. The summed E-state index contributed by atoms with van der Waals surface area (Å²) in [7, 11) is 1.57. The molecule has 4 rings (SSSR count). The van der Waals surface area contributed by atoms with Crippen molar-refractivity contribution in [2.24, 2.45) is 5.92 Å². The van der Waals surface area contributed by atoms with E-state index in [0.29, 0.717) is 33.7 Å². The Labute approximate surface area is 144 Å². The van der Waals surface area contributed by atoms with E-state index < -0.39 is 0 Å². The summed E-state index contributed by atoms with van der Waals surface area (Å²) in [4.78, 5) is 24.4. The minimum absolute atomic E-state index is 0.0163. The van der Waals surface area contributed by atoms with E-state index >= 15 is 0 Å². The van der Waals surface area contributed by atoms with Crippen molar-refractivity contribution < 1.29 is 13.9 Å². The van der Waals surface area contributed by atoms with Crippen LogP contribution in [0.4, 0.5) is 5.69 Å². The van der Waals surface area contributed by atoms with Gasteiger partial charge in [-0.15, -0.1) is 0 Å². The fourth-order valence-corrected chi connectivity index (χ4v) is 2.80. The van der Waals surface area contributed by atoms with Gasteiger partial charge in [0.15, 0.2) is 5.43 Å². The Balaban J connectivity index is 1.79. The lowest BCUT2D eigenvalue weighted by Gasteiger charge is -2.09. The van der Waals surface area contributed by atoms with Gasteiger partial charge in [0.05, 0.1) is 18.1 Å². The van der Waals surface area contributed by atoms with E-state index in [0.717, 1.165) is 12.8 Å². The van der Waals surface area contributed by atoms with E-state index in [1.54, 1.807) is 25.3 Å². The third-order valence-electron chi connectivity index (χ3n) is 4.32. The molecule has 0 radical (unpaired) electrons. The zero-order valence-electron chi connectivity index (χ0n) is 13.7. The molecule has 1 fully saturated rings. The molecule has 126 valence electrons. The average Bonchev–Trinajstić information content (AvgIpc) is 3.46. The number of carbonyl (C=O) groups is 1. The minimum Gasteiger partial charge on any atom is -0.496 e. The number of fused-ring (bicyclic) bond motifs is 1. The van der Waals surface area contributed by atoms with Crippen LogP contribution < -0.4 is 15.5 Å². The molecule has 1 amide bonds. The van der Waals surface area contributed by atoms with Crippen molar-refractivity contribution in [3.05, 3.63) is 58.8 Å². The number of anilines is 1. The summed E-state index contributed by atoms with van der Waals surface area (Å²) in [6.45, 7) is 0. The van der Waals surface area contributed by atoms with Crippen LogP contribution in [0.5, 0.6) is 5.75 Å². The van der Waals surface area contributed by atoms with Crippen LogP contribution in [0.1, 0.15) is 12.8 Å². The third-order valence-corrected chi connectivity index (χ3v) is 4.32. The molecule has 2 aromatic carbocycles. The van der Waals surface area contributed by atoms with Gasteiger partial charge in [0.1, 0.15) is 17.1 Å². The van der Waals surface area contributed by atoms with E-state index in [1.165, 1.54) is 6.07 Å². The first-order valence-electron chi connectivity index (χ1n) is 8.18. The number of carbonyl (C=O) groups excluding carboxylic acids is 1. The van der Waals surface area contributed by atoms with Crippen molar-refractivity contribution in [3.63, 3.8) is 0 Å². The molecule has 1 heterocycles. The van der Waals surface area contributed by atoms with Gasteiger partial charge < -0.3 is 14.5 Å². The van der Waals surface area contributed by atoms with Gasteiger partial charge in [0, 0.05) is 23.7 Å². The first-order valence-corrected chi connectivity index (χ1v) is 8.18. The monoisotopic (exact) mass is 335 g/mol. The lowest BCUT2D eigenvalue weighted by atomic mass is 10.1. The molecular weight excluding hydrogens is 318 g/mol. The molecule has 0 spiro atoms. The molecule has 1 aliphatic rings. The Morgan fingerprint density at radius 2 is 1.96 bits per heavy atom. The molecule has 0 bridgehead atoms. The van der Waals surface area contributed by atoms with Crippen molar-refractivity contribution in [1.82, 2.24) is 0 Å². The Bertz CT molecular complexity index is 1020. The van der Waals surface area contributed by atoms with Crippen molar-refractivity contribution >= 4 is 22.6 Å². The summed E-state index contributed by atoms with van der Waals surface area (Å²) < 4.78 is 11.3. The van der Waals surface area contributed by atoms with Gasteiger partial charge in [0.25, 0.3) is 0 Å². The molecule has 5 nitrogen and oxygen atoms in total. The van der Waals surface area contributed by atoms with Crippen molar-refractivity contribution in [2.75, 3.05) is 12.4 Å². The lowest BCUT2D eigenvalue weighted by Crippen LogP contribution is -2.13. The highest BCUT2D eigenvalue weighted by molar-refractivity contribution is 5.95. The number of benzene rings is 2. The van der Waals surface area contributed by atoms with Crippen molar-refractivity contribution in [3.8, 4) is 17.1 Å². The largest absolute Gasteiger partial charge is 0.496 e. The predicted molar refractivity (Wildman–Crippen MR) is 95.8 cm³/mol. The van der Waals surface area contributed by atoms with Crippen LogP contribution in [0.25, 0.3) is 22.3 Å². The fourth-order valence-electron chi connectivity index (χ4n) is 2.80. The molecule has 1 saturated carbocycles. The van der Waals surface area contributed by atoms with Gasteiger partial charge >= 0.3 is 0 Å². The van der Waals surface area contributed by atoms with Gasteiger partial charge in [-0.05, 0) is 37.1 Å². The van der Waals surface area contributed by atoms with Gasteiger partial charge in [-0.1, -0.05) is 12.1 Å². The third kappa shape index (κ3) is 3.01. The maximum atomic E-state index is 12.4. The standard InChI is InChI=1S/C20H17NO4/c1-24-17-5-3-2-4-15(17)19-11-16(22)14-9-8-13(10-18(14)25-19)21-20(23)12-6-7-12/h2-5,8-12H,6-7H2,1H3,(H,21,23). The SMILES string of the molecule is COc1ccccc1-c1cc(=O)c2ccc(NC(=O)C3CC3)cc2o1. The normalized spacial score (nSPS) is 13.6. The van der Waals surface area contributed by atoms with Gasteiger partial charge in [-0.3, -0.25) is 9.59 Å². The van der Waals surface area contributed by atoms with E-state index in [-0.39, 0.29) is 17.3 Å². The molecule has 0 unspecified atom stereocenters. The summed E-state index contributed by atoms with van der Waals surface area (Å²) in [5.41, 5.74) is 1.63. The summed E-state index contributed by atoms with van der Waals surface area (Å²) in [6, 6.07) is 13.9. The quantitative estimate of drug-likeness (QED) is 0.787. The topological polar surface area (TPSA) is 68.5 Å². The van der Waals surface area contributed by atoms with Crippen LogP contribution in [0, 0.1) is 5.92 Å². The highest BCUT2D eigenvalue weighted by Gasteiger charge is 2.29. The Morgan fingerprint density at radius 1 is 1.16 bits per heavy atom. The Hall–Kier alpha value is -3.08. The summed E-state index contributed by atoms with van der Waals surface area (Å²) >= 11 is 0. The number of hydrogen-bond donors (Lipinski definition) is 1. The number of nitrogens with one attached hydrogen (secondary N) is 1. The minimum atomic E-state index is -0.137. The lowest BCUT2D eigenvalue weighted by molar-refractivity contribution is -0.117. The second-order valence-corrected chi connectivity index (χ2v) is 6.15. The summed E-state index contributed by atoms with van der Waals surface area (Å²) in [5, 5.41) is 3.35. The first kappa shape index (κ1) is 15.4. The zero-order chi connectivity index (χ0) is 17.4. The molecule has 1 aromatic heterocycles. The maximum absolute atomic E-state index is 12.4. The Kier molecular flexibility index (Phi) is 3.76. The van der Waals surface area contributed by atoms with E-state index in [9.17, 15) is 9.59 Å². The molecule has 1 aliphatic carbocycles. The van der Waals surface area contributed by atoms with Crippen LogP contribution >= 0.6 is 0 Å². The van der Waals surface area contributed by atoms with Crippen LogP contribution in [0.2, 0.25) is 0 Å². The predicted octanol–water partition coefficient (Wildman–Crippen LogP) is 3.82. The Morgan fingerprint density at radius 3 is 2.72 bits per heavy atom.